The van der Waals surface area contributed by atoms with Crippen LogP contribution in [0.1, 0.15) is 5.56 Å². The molecular formula is C18H11BrClFN4S. The van der Waals surface area contributed by atoms with E-state index >= 15 is 0 Å². The zero-order valence-electron chi connectivity index (χ0n) is 13.2. The second kappa shape index (κ2) is 7.34. The van der Waals surface area contributed by atoms with E-state index in [1.165, 1.54) is 17.8 Å². The summed E-state index contributed by atoms with van der Waals surface area (Å²) >= 11 is 10.9. The van der Waals surface area contributed by atoms with Crippen LogP contribution in [0.2, 0.25) is 5.02 Å². The fourth-order valence-corrected chi connectivity index (χ4v) is 3.94. The van der Waals surface area contributed by atoms with Crippen LogP contribution in [0.15, 0.2) is 64.2 Å². The molecule has 0 bridgehead atoms. The van der Waals surface area contributed by atoms with Gasteiger partial charge in [0.25, 0.3) is 0 Å². The van der Waals surface area contributed by atoms with Crippen LogP contribution in [0, 0.1) is 5.82 Å². The maximum Gasteiger partial charge on any atom is 0.212 e. The van der Waals surface area contributed by atoms with E-state index in [-0.39, 0.29) is 5.82 Å². The summed E-state index contributed by atoms with van der Waals surface area (Å²) in [5, 5.41) is 13.9. The Bertz CT molecular complexity index is 1060. The largest absolute Gasteiger partial charge is 0.212 e. The summed E-state index contributed by atoms with van der Waals surface area (Å²) in [4.78, 5) is 0. The summed E-state index contributed by atoms with van der Waals surface area (Å²) in [6.07, 6.45) is 0. The molecule has 2 heterocycles. The maximum atomic E-state index is 14.0. The van der Waals surface area contributed by atoms with E-state index in [4.69, 9.17) is 11.6 Å². The van der Waals surface area contributed by atoms with Crippen LogP contribution in [-0.2, 0) is 5.75 Å². The second-order valence-electron chi connectivity index (χ2n) is 5.47. The van der Waals surface area contributed by atoms with Crippen LogP contribution in [0.4, 0.5) is 4.39 Å². The minimum atomic E-state index is -0.331. The number of rotatable bonds is 4. The second-order valence-corrected chi connectivity index (χ2v) is 7.73. The number of nitrogens with zero attached hydrogens (tertiary/aromatic N) is 4. The molecule has 0 aliphatic carbocycles. The number of thioether (sulfide) groups is 1. The van der Waals surface area contributed by atoms with Gasteiger partial charge in [0.15, 0.2) is 5.65 Å². The van der Waals surface area contributed by atoms with Gasteiger partial charge in [-0.15, -0.1) is 10.2 Å². The monoisotopic (exact) mass is 448 g/mol. The number of fused-ring (bicyclic) bond motifs is 1. The Balaban J connectivity index is 1.65. The van der Waals surface area contributed by atoms with Crippen molar-refractivity contribution >= 4 is 44.9 Å². The van der Waals surface area contributed by atoms with Gasteiger partial charge in [0.05, 0.1) is 5.69 Å². The van der Waals surface area contributed by atoms with Crippen molar-refractivity contribution in [1.82, 2.24) is 19.8 Å². The van der Waals surface area contributed by atoms with E-state index < -0.39 is 0 Å². The smallest absolute Gasteiger partial charge is 0.207 e. The summed E-state index contributed by atoms with van der Waals surface area (Å²) < 4.78 is 16.6. The molecule has 0 aliphatic rings. The highest BCUT2D eigenvalue weighted by molar-refractivity contribution is 9.10. The first-order chi connectivity index (χ1) is 12.6. The highest BCUT2D eigenvalue weighted by atomic mass is 79.9. The number of halogens is 3. The molecule has 0 N–H and O–H groups in total. The van der Waals surface area contributed by atoms with Gasteiger partial charge >= 0.3 is 0 Å². The van der Waals surface area contributed by atoms with E-state index in [1.54, 1.807) is 16.6 Å². The maximum absolute atomic E-state index is 14.0. The third-order valence-electron chi connectivity index (χ3n) is 3.78. The number of hydrogen-bond acceptors (Lipinski definition) is 4. The van der Waals surface area contributed by atoms with Gasteiger partial charge in [0, 0.05) is 26.4 Å². The predicted octanol–water partition coefficient (Wildman–Crippen LogP) is 5.64. The molecule has 0 spiro atoms. The van der Waals surface area contributed by atoms with E-state index in [0.717, 1.165) is 15.7 Å². The number of aromatic nitrogens is 4. The SMILES string of the molecule is Fc1cccc(Cl)c1CSc1nnc2ccc(-c3ccc(Br)cc3)nn12. The third-order valence-corrected chi connectivity index (χ3v) is 5.61. The fraction of sp³-hybridized carbons (Fsp3) is 0.0556. The van der Waals surface area contributed by atoms with Crippen LogP contribution in [0.5, 0.6) is 0 Å². The summed E-state index contributed by atoms with van der Waals surface area (Å²) in [6, 6.07) is 16.3. The first-order valence-electron chi connectivity index (χ1n) is 7.66. The summed E-state index contributed by atoms with van der Waals surface area (Å²) in [5.41, 5.74) is 2.86. The lowest BCUT2D eigenvalue weighted by atomic mass is 10.1. The van der Waals surface area contributed by atoms with E-state index in [2.05, 4.69) is 31.2 Å². The van der Waals surface area contributed by atoms with Crippen molar-refractivity contribution in [2.24, 2.45) is 0 Å². The van der Waals surface area contributed by atoms with Crippen LogP contribution >= 0.6 is 39.3 Å². The molecule has 2 aromatic heterocycles. The fourth-order valence-electron chi connectivity index (χ4n) is 2.44. The minimum absolute atomic E-state index is 0.331. The Hall–Kier alpha value is -1.96. The highest BCUT2D eigenvalue weighted by Crippen LogP contribution is 2.28. The van der Waals surface area contributed by atoms with Gasteiger partial charge in [-0.25, -0.2) is 4.39 Å². The molecule has 0 atom stereocenters. The first-order valence-corrected chi connectivity index (χ1v) is 9.81. The molecule has 0 unspecified atom stereocenters. The van der Waals surface area contributed by atoms with Gasteiger partial charge in [0.2, 0.25) is 5.16 Å². The standard InChI is InChI=1S/C18H11BrClFN4S/c19-12-6-4-11(5-7-12)16-8-9-17-22-23-18(25(17)24-16)26-10-13-14(20)2-1-3-15(13)21/h1-9H,10H2. The Morgan fingerprint density at radius 2 is 1.85 bits per heavy atom. The molecule has 4 aromatic rings. The normalized spacial score (nSPS) is 11.2. The zero-order chi connectivity index (χ0) is 18.1. The van der Waals surface area contributed by atoms with Crippen molar-refractivity contribution in [2.75, 3.05) is 0 Å². The lowest BCUT2D eigenvalue weighted by molar-refractivity contribution is 0.617. The minimum Gasteiger partial charge on any atom is -0.207 e. The zero-order valence-corrected chi connectivity index (χ0v) is 16.4. The van der Waals surface area contributed by atoms with Crippen molar-refractivity contribution in [3.8, 4) is 11.3 Å². The van der Waals surface area contributed by atoms with Gasteiger partial charge in [-0.3, -0.25) is 0 Å². The molecule has 4 nitrogen and oxygen atoms in total. The molecule has 0 radical (unpaired) electrons. The van der Waals surface area contributed by atoms with Crippen molar-refractivity contribution in [2.45, 2.75) is 10.9 Å². The van der Waals surface area contributed by atoms with Crippen LogP contribution in [0.25, 0.3) is 16.9 Å². The van der Waals surface area contributed by atoms with E-state index in [1.807, 2.05) is 36.4 Å². The highest BCUT2D eigenvalue weighted by Gasteiger charge is 2.13. The lowest BCUT2D eigenvalue weighted by Crippen LogP contribution is -1.97. The van der Waals surface area contributed by atoms with Crippen molar-refractivity contribution in [3.63, 3.8) is 0 Å². The molecule has 4 rings (SSSR count). The van der Waals surface area contributed by atoms with Gasteiger partial charge in [-0.05, 0) is 36.4 Å². The van der Waals surface area contributed by atoms with Gasteiger partial charge in [-0.2, -0.15) is 9.61 Å². The molecule has 0 saturated heterocycles. The average molecular weight is 450 g/mol. The summed E-state index contributed by atoms with van der Waals surface area (Å²) in [6.45, 7) is 0. The van der Waals surface area contributed by atoms with Crippen molar-refractivity contribution in [1.29, 1.82) is 0 Å². The van der Waals surface area contributed by atoms with Crippen molar-refractivity contribution in [3.05, 3.63) is 75.5 Å². The molecule has 2 aromatic carbocycles. The van der Waals surface area contributed by atoms with E-state index in [9.17, 15) is 4.39 Å². The Kier molecular flexibility index (Phi) is 4.93. The molecule has 0 amide bonds. The molecule has 8 heteroatoms. The Labute approximate surface area is 166 Å². The Morgan fingerprint density at radius 1 is 1.04 bits per heavy atom. The molecule has 26 heavy (non-hydrogen) atoms. The molecule has 130 valence electrons. The molecule has 0 saturated carbocycles. The van der Waals surface area contributed by atoms with Crippen LogP contribution in [0.3, 0.4) is 0 Å². The van der Waals surface area contributed by atoms with E-state index in [0.29, 0.717) is 27.1 Å². The van der Waals surface area contributed by atoms with Crippen LogP contribution < -0.4 is 0 Å². The quantitative estimate of drug-likeness (QED) is 0.378. The molecule has 0 aliphatic heterocycles. The van der Waals surface area contributed by atoms with Crippen LogP contribution in [-0.4, -0.2) is 19.8 Å². The predicted molar refractivity (Wildman–Crippen MR) is 105 cm³/mol. The number of benzene rings is 2. The van der Waals surface area contributed by atoms with Crippen molar-refractivity contribution < 1.29 is 4.39 Å². The molecular weight excluding hydrogens is 439 g/mol. The third kappa shape index (κ3) is 3.47. The van der Waals surface area contributed by atoms with Gasteiger partial charge < -0.3 is 0 Å². The Morgan fingerprint density at radius 3 is 2.62 bits per heavy atom. The average Bonchev–Trinajstić information content (AvgIpc) is 3.04. The molecule has 0 fully saturated rings. The van der Waals surface area contributed by atoms with Gasteiger partial charge in [0.1, 0.15) is 5.82 Å². The topological polar surface area (TPSA) is 43.1 Å². The first kappa shape index (κ1) is 17.5. The summed E-state index contributed by atoms with van der Waals surface area (Å²) in [5.74, 6) is 0.0126. The summed E-state index contributed by atoms with van der Waals surface area (Å²) in [7, 11) is 0. The lowest BCUT2D eigenvalue weighted by Gasteiger charge is -2.05. The number of hydrogen-bond donors (Lipinski definition) is 0. The van der Waals surface area contributed by atoms with Gasteiger partial charge in [-0.1, -0.05) is 57.5 Å².